The van der Waals surface area contributed by atoms with Gasteiger partial charge in [-0.2, -0.15) is 11.8 Å². The molecule has 6 N–H and O–H groups in total. The van der Waals surface area contributed by atoms with Gasteiger partial charge in [0.05, 0.1) is 5.75 Å². The van der Waals surface area contributed by atoms with Crippen LogP contribution in [0.4, 0.5) is 0 Å². The summed E-state index contributed by atoms with van der Waals surface area (Å²) in [5.74, 6) is -3.09. The number of ketones is 1. The third-order valence-corrected chi connectivity index (χ3v) is 8.69. The molecule has 0 saturated heterocycles. The van der Waals surface area contributed by atoms with Crippen LogP contribution in [0.25, 0.3) is 33.4 Å². The number of rotatable bonds is 14. The lowest BCUT2D eigenvalue weighted by molar-refractivity contribution is -0.133. The number of nitrogens with one attached hydrogen (secondary N) is 3. The second-order valence-electron chi connectivity index (χ2n) is 11.8. The number of Topliss-reactive ketones (excluding diaryl/α,β-unsaturated/α-hetero) is 1. The maximum Gasteiger partial charge on any atom is 0.242 e. The molecule has 1 aliphatic heterocycles. The van der Waals surface area contributed by atoms with Gasteiger partial charge in [0.2, 0.25) is 23.6 Å². The molecule has 4 amide bonds. The zero-order chi connectivity index (χ0) is 36.0. The lowest BCUT2D eigenvalue weighted by atomic mass is 9.90. The molecule has 13 nitrogen and oxygen atoms in total. The molecule has 0 fully saturated rings. The van der Waals surface area contributed by atoms with Crippen molar-refractivity contribution in [1.29, 1.82) is 0 Å². The average Bonchev–Trinajstić information content (AvgIpc) is 3.05. The molecule has 0 spiro atoms. The van der Waals surface area contributed by atoms with Crippen LogP contribution in [0.3, 0.4) is 0 Å². The van der Waals surface area contributed by atoms with Gasteiger partial charge in [-0.1, -0.05) is 26.0 Å². The Balaban J connectivity index is 1.44. The largest absolute Gasteiger partial charge is 0.508 e. The second-order valence-corrected chi connectivity index (χ2v) is 12.8. The number of phenols is 1. The van der Waals surface area contributed by atoms with Crippen LogP contribution in [0, 0.1) is 5.92 Å². The van der Waals surface area contributed by atoms with Crippen molar-refractivity contribution >= 4 is 58.4 Å². The minimum absolute atomic E-state index is 0.0486. The topological polar surface area (TPSA) is 215 Å². The number of nitrogens with two attached hydrogens (primary N) is 1. The molecule has 256 valence electrons. The Kier molecular flexibility index (Phi) is 11.6. The van der Waals surface area contributed by atoms with Crippen LogP contribution >= 0.6 is 11.8 Å². The van der Waals surface area contributed by atoms with Gasteiger partial charge in [0.1, 0.15) is 35.2 Å². The molecule has 3 atom stereocenters. The van der Waals surface area contributed by atoms with Crippen molar-refractivity contribution in [3.8, 4) is 28.2 Å². The van der Waals surface area contributed by atoms with Crippen LogP contribution in [0.15, 0.2) is 63.8 Å². The smallest absolute Gasteiger partial charge is 0.242 e. The van der Waals surface area contributed by atoms with E-state index < -0.39 is 35.8 Å². The highest BCUT2D eigenvalue weighted by molar-refractivity contribution is 8.00. The molecule has 1 aliphatic carbocycles. The first-order valence-corrected chi connectivity index (χ1v) is 16.5. The molecule has 2 unspecified atom stereocenters. The van der Waals surface area contributed by atoms with Gasteiger partial charge in [-0.25, -0.2) is 0 Å². The van der Waals surface area contributed by atoms with E-state index in [0.717, 1.165) is 11.8 Å². The summed E-state index contributed by atoms with van der Waals surface area (Å²) in [4.78, 5) is 86.6. The number of hydrogen-bond acceptors (Lipinski definition) is 10. The van der Waals surface area contributed by atoms with E-state index in [-0.39, 0.29) is 57.2 Å². The molecule has 2 aromatic carbocycles. The highest BCUT2D eigenvalue weighted by atomic mass is 32.2. The van der Waals surface area contributed by atoms with Crippen molar-refractivity contribution in [1.82, 2.24) is 16.0 Å². The minimum atomic E-state index is -1.16. The number of primary amides is 1. The van der Waals surface area contributed by atoms with E-state index >= 15 is 0 Å². The SMILES string of the molecule is CC(C)C(=O)NC(C)C(=O)N[C@@H](C)C(=O)NC(CSCC(=O)c1ccc(-c2c3ccc(=O)cc-3oc3cc(O)ccc23)c(C=O)c1)C(N)=O. The summed E-state index contributed by atoms with van der Waals surface area (Å²) in [7, 11) is 0. The van der Waals surface area contributed by atoms with Crippen LogP contribution < -0.4 is 27.1 Å². The van der Waals surface area contributed by atoms with E-state index in [1.807, 2.05) is 0 Å². The van der Waals surface area contributed by atoms with E-state index in [1.54, 1.807) is 38.1 Å². The first-order chi connectivity index (χ1) is 23.2. The summed E-state index contributed by atoms with van der Waals surface area (Å²) in [5.41, 5.74) is 7.52. The van der Waals surface area contributed by atoms with E-state index in [0.29, 0.717) is 33.9 Å². The van der Waals surface area contributed by atoms with Crippen molar-refractivity contribution in [2.75, 3.05) is 11.5 Å². The molecule has 14 heteroatoms. The van der Waals surface area contributed by atoms with Crippen LogP contribution in [-0.2, 0) is 19.2 Å². The number of carbonyl (C=O) groups excluding carboxylic acids is 6. The van der Waals surface area contributed by atoms with Crippen LogP contribution in [0.5, 0.6) is 5.75 Å². The monoisotopic (exact) mass is 688 g/mol. The lowest BCUT2D eigenvalue weighted by Gasteiger charge is -2.21. The Bertz CT molecular complexity index is 1970. The number of fused-ring (bicyclic) bond motifs is 2. The van der Waals surface area contributed by atoms with E-state index in [1.165, 1.54) is 44.2 Å². The van der Waals surface area contributed by atoms with Gasteiger partial charge in [0.15, 0.2) is 17.5 Å². The fourth-order valence-electron chi connectivity index (χ4n) is 4.90. The van der Waals surface area contributed by atoms with E-state index in [9.17, 15) is 38.7 Å². The Morgan fingerprint density at radius 3 is 2.16 bits per heavy atom. The number of aldehydes is 1. The molecule has 0 bridgehead atoms. The molecule has 0 radical (unpaired) electrons. The first-order valence-electron chi connectivity index (χ1n) is 15.3. The van der Waals surface area contributed by atoms with Crippen LogP contribution in [-0.4, -0.2) is 70.4 Å². The zero-order valence-electron chi connectivity index (χ0n) is 27.2. The van der Waals surface area contributed by atoms with E-state index in [4.69, 9.17) is 10.2 Å². The van der Waals surface area contributed by atoms with E-state index in [2.05, 4.69) is 16.0 Å². The molecule has 4 rings (SSSR count). The van der Waals surface area contributed by atoms with Crippen LogP contribution in [0.2, 0.25) is 0 Å². The molecule has 49 heavy (non-hydrogen) atoms. The summed E-state index contributed by atoms with van der Waals surface area (Å²) in [6, 6.07) is 10.3. The molecule has 1 heterocycles. The normalized spacial score (nSPS) is 13.0. The van der Waals surface area contributed by atoms with Gasteiger partial charge >= 0.3 is 0 Å². The fourth-order valence-corrected chi connectivity index (χ4v) is 5.86. The molecular formula is C35H36N4O9S. The average molecular weight is 689 g/mol. The minimum Gasteiger partial charge on any atom is -0.508 e. The summed E-state index contributed by atoms with van der Waals surface area (Å²) in [6.45, 7) is 6.24. The van der Waals surface area contributed by atoms with Gasteiger partial charge in [-0.15, -0.1) is 0 Å². The maximum atomic E-state index is 13.2. The molecule has 0 saturated carbocycles. The number of phenolic OH excluding ortho intramolecular Hbond substituents is 1. The van der Waals surface area contributed by atoms with Crippen molar-refractivity contribution in [2.24, 2.45) is 11.7 Å². The summed E-state index contributed by atoms with van der Waals surface area (Å²) in [5, 5.41) is 18.1. The van der Waals surface area contributed by atoms with Gasteiger partial charge in [0, 0.05) is 51.4 Å². The van der Waals surface area contributed by atoms with Gasteiger partial charge in [-0.3, -0.25) is 33.6 Å². The first kappa shape index (κ1) is 36.3. The van der Waals surface area contributed by atoms with Crippen molar-refractivity contribution in [2.45, 2.75) is 45.8 Å². The fraction of sp³-hybridized carbons (Fsp3) is 0.286. The lowest BCUT2D eigenvalue weighted by Crippen LogP contribution is -2.55. The van der Waals surface area contributed by atoms with Crippen molar-refractivity contribution in [3.63, 3.8) is 0 Å². The predicted molar refractivity (Wildman–Crippen MR) is 184 cm³/mol. The van der Waals surface area contributed by atoms with Gasteiger partial charge in [0.25, 0.3) is 0 Å². The predicted octanol–water partition coefficient (Wildman–Crippen LogP) is 2.63. The van der Waals surface area contributed by atoms with Gasteiger partial charge in [-0.05, 0) is 49.7 Å². The second kappa shape index (κ2) is 15.6. The Morgan fingerprint density at radius 1 is 0.857 bits per heavy atom. The molecule has 2 aliphatic rings. The highest BCUT2D eigenvalue weighted by Gasteiger charge is 2.26. The maximum absolute atomic E-state index is 13.2. The van der Waals surface area contributed by atoms with Crippen molar-refractivity contribution < 1.29 is 38.3 Å². The Morgan fingerprint density at radius 2 is 1.51 bits per heavy atom. The highest BCUT2D eigenvalue weighted by Crippen LogP contribution is 2.41. The summed E-state index contributed by atoms with van der Waals surface area (Å²) in [6.07, 6.45) is 0.612. The third-order valence-electron chi connectivity index (χ3n) is 7.65. The molecular weight excluding hydrogens is 652 g/mol. The summed E-state index contributed by atoms with van der Waals surface area (Å²) < 4.78 is 5.87. The van der Waals surface area contributed by atoms with Gasteiger partial charge < -0.3 is 31.2 Å². The van der Waals surface area contributed by atoms with Crippen LogP contribution in [0.1, 0.15) is 48.4 Å². The molecule has 0 aromatic heterocycles. The summed E-state index contributed by atoms with van der Waals surface area (Å²) >= 11 is 1.04. The number of aromatic hydroxyl groups is 1. The quantitative estimate of drug-likeness (QED) is 0.0742. The number of benzene rings is 3. The van der Waals surface area contributed by atoms with Crippen molar-refractivity contribution in [3.05, 3.63) is 75.9 Å². The Hall–Kier alpha value is -5.50. The zero-order valence-corrected chi connectivity index (χ0v) is 28.0. The molecule has 2 aromatic rings. The Labute approximate surface area is 285 Å². The third kappa shape index (κ3) is 8.70. The standard InChI is InChI=1S/C35H36N4O9S/c1-17(2)33(45)37-18(3)34(46)38-19(4)35(47)39-27(32(36)44)15-49-16-28(43)20-5-8-24(21(11-20)14-40)31-25-9-6-22(41)12-29(25)48-30-13-23(42)7-10-26(30)31/h5-14,17-19,27,41H,15-16H2,1-4H3,(H2,36,44)(H,37,45)(H,38,46)(H,39,47)/t18?,19-,27?/m0/s1. The number of carbonyl (C=O) groups is 6. The number of thioether (sulfide) groups is 1. The number of hydrogen-bond donors (Lipinski definition) is 5. The number of amides is 4.